The first-order chi connectivity index (χ1) is 9.28. The van der Waals surface area contributed by atoms with Crippen LogP contribution in [0.15, 0.2) is 22.6 Å². The van der Waals surface area contributed by atoms with Crippen LogP contribution in [0, 0.1) is 12.8 Å². The lowest BCUT2D eigenvalue weighted by molar-refractivity contribution is 0.0975. The lowest BCUT2D eigenvalue weighted by Crippen LogP contribution is -2.53. The zero-order chi connectivity index (χ0) is 12.8. The molecule has 19 heavy (non-hydrogen) atoms. The van der Waals surface area contributed by atoms with Gasteiger partial charge in [-0.25, -0.2) is 4.98 Å². The fraction of sp³-hybridized carbons (Fsp3) is 0.533. The van der Waals surface area contributed by atoms with Crippen molar-refractivity contribution in [3.8, 4) is 0 Å². The van der Waals surface area contributed by atoms with Crippen molar-refractivity contribution in [3.63, 3.8) is 0 Å². The summed E-state index contributed by atoms with van der Waals surface area (Å²) in [5, 5.41) is 3.69. The average molecular weight is 257 g/mol. The van der Waals surface area contributed by atoms with Crippen LogP contribution in [0.4, 0.5) is 5.69 Å². The highest BCUT2D eigenvalue weighted by molar-refractivity contribution is 5.77. The summed E-state index contributed by atoms with van der Waals surface area (Å²) in [5.41, 5.74) is 2.99. The number of oxazole rings is 1. The first-order valence-electron chi connectivity index (χ1n) is 7.14. The molecule has 4 heteroatoms. The minimum absolute atomic E-state index is 0.591. The van der Waals surface area contributed by atoms with E-state index in [0.29, 0.717) is 6.04 Å². The van der Waals surface area contributed by atoms with E-state index in [1.54, 1.807) is 0 Å². The molecule has 1 atom stereocenters. The third kappa shape index (κ3) is 2.00. The maximum absolute atomic E-state index is 5.52. The van der Waals surface area contributed by atoms with Gasteiger partial charge in [-0.15, -0.1) is 0 Å². The Hall–Kier alpha value is -1.55. The van der Waals surface area contributed by atoms with Crippen LogP contribution >= 0.6 is 0 Å². The zero-order valence-electron chi connectivity index (χ0n) is 11.2. The molecule has 1 N–H and O–H groups in total. The molecule has 4 nitrogen and oxygen atoms in total. The van der Waals surface area contributed by atoms with E-state index < -0.39 is 0 Å². The normalized spacial score (nSPS) is 29.8. The number of hydrogen-bond acceptors (Lipinski definition) is 4. The van der Waals surface area contributed by atoms with Crippen molar-refractivity contribution in [2.75, 3.05) is 25.0 Å². The number of nitrogens with zero attached hydrogens (tertiary/aromatic N) is 2. The van der Waals surface area contributed by atoms with Gasteiger partial charge in [-0.3, -0.25) is 0 Å². The summed E-state index contributed by atoms with van der Waals surface area (Å²) in [7, 11) is 0. The summed E-state index contributed by atoms with van der Waals surface area (Å²) in [6.45, 7) is 5.63. The van der Waals surface area contributed by atoms with Gasteiger partial charge in [-0.2, -0.15) is 0 Å². The van der Waals surface area contributed by atoms with Gasteiger partial charge >= 0.3 is 0 Å². The third-order valence-corrected chi connectivity index (χ3v) is 4.50. The van der Waals surface area contributed by atoms with Crippen molar-refractivity contribution >= 4 is 16.8 Å². The molecule has 3 fully saturated rings. The topological polar surface area (TPSA) is 41.3 Å². The second kappa shape index (κ2) is 4.23. The van der Waals surface area contributed by atoms with Crippen LogP contribution in [0.3, 0.4) is 0 Å². The van der Waals surface area contributed by atoms with Crippen molar-refractivity contribution in [1.29, 1.82) is 0 Å². The van der Waals surface area contributed by atoms with Crippen molar-refractivity contribution in [2.24, 2.45) is 5.92 Å². The number of hydrogen-bond donors (Lipinski definition) is 1. The second-order valence-electron chi connectivity index (χ2n) is 5.80. The molecule has 1 unspecified atom stereocenters. The van der Waals surface area contributed by atoms with Gasteiger partial charge in [-0.1, -0.05) is 0 Å². The quantitative estimate of drug-likeness (QED) is 0.898. The average Bonchev–Trinajstić information content (AvgIpc) is 2.79. The molecular weight excluding hydrogens is 238 g/mol. The van der Waals surface area contributed by atoms with Crippen LogP contribution < -0.4 is 5.32 Å². The summed E-state index contributed by atoms with van der Waals surface area (Å²) in [5.74, 6) is 1.56. The van der Waals surface area contributed by atoms with Crippen LogP contribution in [0.1, 0.15) is 18.7 Å². The third-order valence-electron chi connectivity index (χ3n) is 4.50. The van der Waals surface area contributed by atoms with Gasteiger partial charge in [0.2, 0.25) is 0 Å². The molecular formula is C15H19N3O. The molecule has 2 bridgehead atoms. The molecule has 0 saturated carbocycles. The van der Waals surface area contributed by atoms with Crippen molar-refractivity contribution < 1.29 is 4.42 Å². The molecule has 3 aliphatic rings. The van der Waals surface area contributed by atoms with Crippen LogP contribution in [-0.4, -0.2) is 35.6 Å². The molecule has 0 aliphatic carbocycles. The fourth-order valence-corrected chi connectivity index (χ4v) is 3.48. The summed E-state index contributed by atoms with van der Waals surface area (Å²) in [6, 6.07) is 6.81. The van der Waals surface area contributed by atoms with E-state index in [1.807, 2.05) is 13.0 Å². The Morgan fingerprint density at radius 1 is 1.32 bits per heavy atom. The van der Waals surface area contributed by atoms with Crippen molar-refractivity contribution in [2.45, 2.75) is 25.8 Å². The Balaban J connectivity index is 1.57. The molecule has 0 spiro atoms. The zero-order valence-corrected chi connectivity index (χ0v) is 11.2. The highest BCUT2D eigenvalue weighted by Gasteiger charge is 2.33. The number of fused-ring (bicyclic) bond motifs is 4. The predicted molar refractivity (Wildman–Crippen MR) is 75.3 cm³/mol. The van der Waals surface area contributed by atoms with Gasteiger partial charge in [0.15, 0.2) is 11.5 Å². The second-order valence-corrected chi connectivity index (χ2v) is 5.80. The molecule has 0 amide bonds. The molecule has 3 aliphatic heterocycles. The number of aromatic nitrogens is 1. The maximum Gasteiger partial charge on any atom is 0.192 e. The van der Waals surface area contributed by atoms with Gasteiger partial charge in [0.25, 0.3) is 0 Å². The summed E-state index contributed by atoms with van der Waals surface area (Å²) < 4.78 is 5.52. The first-order valence-corrected chi connectivity index (χ1v) is 7.14. The Bertz CT molecular complexity index is 598. The minimum Gasteiger partial charge on any atom is -0.441 e. The van der Waals surface area contributed by atoms with Gasteiger partial charge in [-0.05, 0) is 50.0 Å². The van der Waals surface area contributed by atoms with Crippen LogP contribution in [0.2, 0.25) is 0 Å². The lowest BCUT2D eigenvalue weighted by atomic mass is 9.84. The Labute approximate surface area is 112 Å². The van der Waals surface area contributed by atoms with Crippen LogP contribution in [-0.2, 0) is 0 Å². The summed E-state index contributed by atoms with van der Waals surface area (Å²) >= 11 is 0. The van der Waals surface area contributed by atoms with E-state index in [9.17, 15) is 0 Å². The van der Waals surface area contributed by atoms with Gasteiger partial charge in [0, 0.05) is 25.2 Å². The SMILES string of the molecule is Cc1nc2cc(NC3CN4CCC3CC4)ccc2o1. The predicted octanol–water partition coefficient (Wildman–Crippen LogP) is 2.64. The molecule has 4 heterocycles. The van der Waals surface area contributed by atoms with E-state index in [1.165, 1.54) is 38.2 Å². The highest BCUT2D eigenvalue weighted by Crippen LogP contribution is 2.30. The lowest BCUT2D eigenvalue weighted by Gasteiger charge is -2.45. The first kappa shape index (κ1) is 11.3. The van der Waals surface area contributed by atoms with E-state index in [2.05, 4.69) is 27.3 Å². The van der Waals surface area contributed by atoms with E-state index in [0.717, 1.165) is 22.9 Å². The number of benzene rings is 1. The monoisotopic (exact) mass is 257 g/mol. The number of anilines is 1. The standard InChI is InChI=1S/C15H19N3O/c1-10-16-13-8-12(2-3-15(13)19-10)17-14-9-18-6-4-11(14)5-7-18/h2-3,8,11,14,17H,4-7,9H2,1H3. The van der Waals surface area contributed by atoms with E-state index >= 15 is 0 Å². The molecule has 100 valence electrons. The van der Waals surface area contributed by atoms with Crippen LogP contribution in [0.25, 0.3) is 11.1 Å². The van der Waals surface area contributed by atoms with Crippen molar-refractivity contribution in [3.05, 3.63) is 24.1 Å². The maximum atomic E-state index is 5.52. The van der Waals surface area contributed by atoms with Gasteiger partial charge < -0.3 is 14.6 Å². The largest absolute Gasteiger partial charge is 0.441 e. The molecule has 0 radical (unpaired) electrons. The Morgan fingerprint density at radius 2 is 2.16 bits per heavy atom. The van der Waals surface area contributed by atoms with Crippen molar-refractivity contribution in [1.82, 2.24) is 9.88 Å². The summed E-state index contributed by atoms with van der Waals surface area (Å²) in [4.78, 5) is 6.96. The Morgan fingerprint density at radius 3 is 2.89 bits per heavy atom. The molecule has 2 aromatic rings. The number of aryl methyl sites for hydroxylation is 1. The minimum atomic E-state index is 0.591. The smallest absolute Gasteiger partial charge is 0.192 e. The number of nitrogens with one attached hydrogen (secondary N) is 1. The van der Waals surface area contributed by atoms with E-state index in [4.69, 9.17) is 4.42 Å². The molecule has 5 rings (SSSR count). The van der Waals surface area contributed by atoms with Crippen LogP contribution in [0.5, 0.6) is 0 Å². The van der Waals surface area contributed by atoms with E-state index in [-0.39, 0.29) is 0 Å². The summed E-state index contributed by atoms with van der Waals surface area (Å²) in [6.07, 6.45) is 2.67. The molecule has 1 aromatic heterocycles. The van der Waals surface area contributed by atoms with Gasteiger partial charge in [0.05, 0.1) is 0 Å². The number of piperidine rings is 3. The molecule has 1 aromatic carbocycles. The molecule has 3 saturated heterocycles. The highest BCUT2D eigenvalue weighted by atomic mass is 16.3. The fourth-order valence-electron chi connectivity index (χ4n) is 3.48. The number of rotatable bonds is 2. The van der Waals surface area contributed by atoms with Gasteiger partial charge in [0.1, 0.15) is 5.52 Å². The Kier molecular flexibility index (Phi) is 2.52.